The Morgan fingerprint density at radius 1 is 1.29 bits per heavy atom. The molecule has 2 aromatic heterocycles. The molecule has 14 heavy (non-hydrogen) atoms. The number of nitrogens with zero attached hydrogens (tertiary/aromatic N) is 1. The van der Waals surface area contributed by atoms with Crippen molar-refractivity contribution < 1.29 is 0 Å². The molecule has 0 aliphatic heterocycles. The number of nitrogens with one attached hydrogen (secondary N) is 1. The van der Waals surface area contributed by atoms with Crippen LogP contribution in [-0.2, 0) is 0 Å². The summed E-state index contributed by atoms with van der Waals surface area (Å²) in [5.41, 5.74) is 6.02. The third-order valence-corrected chi connectivity index (χ3v) is 2.73. The predicted octanol–water partition coefficient (Wildman–Crippen LogP) is 3.09. The van der Waals surface area contributed by atoms with Crippen LogP contribution in [0.1, 0.15) is 0 Å². The molecule has 0 amide bonds. The highest BCUT2D eigenvalue weighted by Crippen LogP contribution is 2.23. The Balaban J connectivity index is 2.24. The third-order valence-electron chi connectivity index (χ3n) is 2.20. The molecule has 3 aromatic rings. The number of para-hydroxylation sites is 1. The van der Waals surface area contributed by atoms with Crippen molar-refractivity contribution in [1.29, 1.82) is 0 Å². The lowest BCUT2D eigenvalue weighted by molar-refractivity contribution is 1.35. The summed E-state index contributed by atoms with van der Waals surface area (Å²) < 4.78 is 0. The van der Waals surface area contributed by atoms with E-state index in [0.29, 0.717) is 0 Å². The van der Waals surface area contributed by atoms with E-state index in [1.807, 2.05) is 17.5 Å². The quantitative estimate of drug-likeness (QED) is 0.641. The zero-order chi connectivity index (χ0) is 9.38. The Kier molecular flexibility index (Phi) is 1.64. The van der Waals surface area contributed by atoms with Crippen molar-refractivity contribution in [2.24, 2.45) is 0 Å². The monoisotopic (exact) mass is 199 g/mol. The van der Waals surface area contributed by atoms with Gasteiger partial charge in [0.15, 0.2) is 5.51 Å². The van der Waals surface area contributed by atoms with E-state index in [4.69, 9.17) is 0 Å². The van der Waals surface area contributed by atoms with Gasteiger partial charge in [-0.2, -0.15) is 0 Å². The molecule has 67 valence electrons. The molecule has 0 unspecified atom stereocenters. The topological polar surface area (TPSA) is 28.7 Å². The number of hydrogen-bond acceptors (Lipinski definition) is 2. The van der Waals surface area contributed by atoms with Gasteiger partial charge in [-0.15, -0.1) is 11.3 Å². The second-order valence-electron chi connectivity index (χ2n) is 3.09. The van der Waals surface area contributed by atoms with E-state index >= 15 is 0 Å². The van der Waals surface area contributed by atoms with Crippen LogP contribution in [0.4, 0.5) is 0 Å². The summed E-state index contributed by atoms with van der Waals surface area (Å²) in [6.07, 6.45) is 0. The summed E-state index contributed by atoms with van der Waals surface area (Å²) in [6.45, 7) is 0. The van der Waals surface area contributed by atoms with Crippen molar-refractivity contribution in [1.82, 2.24) is 9.97 Å². The van der Waals surface area contributed by atoms with Gasteiger partial charge in [-0.25, -0.2) is 4.98 Å². The van der Waals surface area contributed by atoms with Gasteiger partial charge < -0.3 is 4.98 Å². The molecular formula is C11H7N2S. The summed E-state index contributed by atoms with van der Waals surface area (Å²) in [6, 6.07) is 10.3. The smallest absolute Gasteiger partial charge is 0.152 e. The van der Waals surface area contributed by atoms with Gasteiger partial charge in [-0.1, -0.05) is 18.2 Å². The Morgan fingerprint density at radius 3 is 3.00 bits per heavy atom. The standard InChI is InChI=1S/C11H7N2S/c1-2-4-9-8(3-1)5-10(13-9)11-6-14-7-12-11/h1-6,13H. The summed E-state index contributed by atoms with van der Waals surface area (Å²) in [5, 5.41) is 3.21. The van der Waals surface area contributed by atoms with E-state index < -0.39 is 0 Å². The molecule has 0 spiro atoms. The summed E-state index contributed by atoms with van der Waals surface area (Å²) in [7, 11) is 0. The number of H-pyrrole nitrogens is 1. The number of rotatable bonds is 1. The maximum atomic E-state index is 4.14. The molecule has 2 nitrogen and oxygen atoms in total. The average Bonchev–Trinajstić information content (AvgIpc) is 2.86. The highest BCUT2D eigenvalue weighted by atomic mass is 32.1. The number of thiazole rings is 1. The molecule has 0 atom stereocenters. The maximum absolute atomic E-state index is 4.14. The third kappa shape index (κ3) is 1.14. The van der Waals surface area contributed by atoms with Gasteiger partial charge in [0.1, 0.15) is 0 Å². The van der Waals surface area contributed by atoms with Crippen LogP contribution in [0.2, 0.25) is 0 Å². The number of benzene rings is 1. The molecule has 3 rings (SSSR count). The maximum Gasteiger partial charge on any atom is 0.152 e. The Labute approximate surface area is 85.2 Å². The molecule has 0 bridgehead atoms. The van der Waals surface area contributed by atoms with Gasteiger partial charge in [0.2, 0.25) is 0 Å². The second kappa shape index (κ2) is 2.96. The number of aromatic amines is 1. The van der Waals surface area contributed by atoms with E-state index in [9.17, 15) is 0 Å². The SMILES string of the molecule is [c]1nc(-c2cc3ccccc3[nH]2)cs1. The first-order chi connectivity index (χ1) is 6.93. The Hall–Kier alpha value is -1.61. The van der Waals surface area contributed by atoms with Gasteiger partial charge in [-0.3, -0.25) is 0 Å². The van der Waals surface area contributed by atoms with Gasteiger partial charge in [0.25, 0.3) is 0 Å². The van der Waals surface area contributed by atoms with Gasteiger partial charge in [0, 0.05) is 16.3 Å². The van der Waals surface area contributed by atoms with Crippen molar-refractivity contribution in [2.75, 3.05) is 0 Å². The summed E-state index contributed by atoms with van der Waals surface area (Å²) in [4.78, 5) is 7.47. The van der Waals surface area contributed by atoms with Crippen LogP contribution >= 0.6 is 11.3 Å². The molecule has 1 aromatic carbocycles. The van der Waals surface area contributed by atoms with Crippen molar-refractivity contribution in [3.63, 3.8) is 0 Å². The lowest BCUT2D eigenvalue weighted by Crippen LogP contribution is -1.74. The zero-order valence-corrected chi connectivity index (χ0v) is 8.14. The molecule has 0 aliphatic rings. The number of hydrogen-bond donors (Lipinski definition) is 1. The lowest BCUT2D eigenvalue weighted by atomic mass is 10.2. The van der Waals surface area contributed by atoms with Crippen LogP contribution in [-0.4, -0.2) is 9.97 Å². The normalized spacial score (nSPS) is 10.9. The molecular weight excluding hydrogens is 192 g/mol. The van der Waals surface area contributed by atoms with Crippen molar-refractivity contribution >= 4 is 22.2 Å². The van der Waals surface area contributed by atoms with Gasteiger partial charge in [-0.05, 0) is 12.1 Å². The van der Waals surface area contributed by atoms with E-state index in [1.165, 1.54) is 16.7 Å². The summed E-state index contributed by atoms with van der Waals surface area (Å²) >= 11 is 1.49. The molecule has 0 aliphatic carbocycles. The fraction of sp³-hybridized carbons (Fsp3) is 0. The summed E-state index contributed by atoms with van der Waals surface area (Å²) in [5.74, 6) is 0. The van der Waals surface area contributed by atoms with E-state index in [0.717, 1.165) is 16.9 Å². The molecule has 1 radical (unpaired) electrons. The Morgan fingerprint density at radius 2 is 2.21 bits per heavy atom. The molecule has 0 saturated carbocycles. The van der Waals surface area contributed by atoms with Crippen LogP contribution in [0.25, 0.3) is 22.3 Å². The minimum absolute atomic E-state index is 0.964. The fourth-order valence-corrected chi connectivity index (χ4v) is 2.01. The largest absolute Gasteiger partial charge is 0.353 e. The number of aromatic nitrogens is 2. The van der Waals surface area contributed by atoms with Gasteiger partial charge in [0.05, 0.1) is 11.4 Å². The zero-order valence-electron chi connectivity index (χ0n) is 7.32. The van der Waals surface area contributed by atoms with Crippen molar-refractivity contribution in [3.8, 4) is 11.4 Å². The van der Waals surface area contributed by atoms with Gasteiger partial charge >= 0.3 is 0 Å². The van der Waals surface area contributed by atoms with E-state index in [-0.39, 0.29) is 0 Å². The fourth-order valence-electron chi connectivity index (χ4n) is 1.52. The van der Waals surface area contributed by atoms with Crippen LogP contribution < -0.4 is 0 Å². The number of fused-ring (bicyclic) bond motifs is 1. The first-order valence-corrected chi connectivity index (χ1v) is 5.21. The van der Waals surface area contributed by atoms with E-state index in [2.05, 4.69) is 33.7 Å². The molecule has 0 saturated heterocycles. The molecule has 0 fully saturated rings. The minimum atomic E-state index is 0.964. The first-order valence-electron chi connectivity index (χ1n) is 4.33. The van der Waals surface area contributed by atoms with Crippen LogP contribution in [0.15, 0.2) is 35.7 Å². The Bertz CT molecular complexity index is 518. The van der Waals surface area contributed by atoms with E-state index in [1.54, 1.807) is 0 Å². The molecule has 2 heterocycles. The molecule has 3 heteroatoms. The van der Waals surface area contributed by atoms with Crippen molar-refractivity contribution in [2.45, 2.75) is 0 Å². The lowest BCUT2D eigenvalue weighted by Gasteiger charge is -1.87. The molecule has 1 N–H and O–H groups in total. The van der Waals surface area contributed by atoms with Crippen LogP contribution in [0, 0.1) is 5.51 Å². The predicted molar refractivity (Wildman–Crippen MR) is 58.2 cm³/mol. The highest BCUT2D eigenvalue weighted by molar-refractivity contribution is 7.07. The van der Waals surface area contributed by atoms with Crippen molar-refractivity contribution in [3.05, 3.63) is 41.2 Å². The highest BCUT2D eigenvalue weighted by Gasteiger charge is 2.03. The average molecular weight is 199 g/mol. The van der Waals surface area contributed by atoms with Crippen LogP contribution in [0.3, 0.4) is 0 Å². The minimum Gasteiger partial charge on any atom is -0.353 e. The second-order valence-corrected chi connectivity index (χ2v) is 3.75. The first kappa shape index (κ1) is 7.76. The van der Waals surface area contributed by atoms with Crippen LogP contribution in [0.5, 0.6) is 0 Å².